The van der Waals surface area contributed by atoms with Gasteiger partial charge in [-0.15, -0.1) is 0 Å². The van der Waals surface area contributed by atoms with Gasteiger partial charge in [-0.1, -0.05) is 37.0 Å². The van der Waals surface area contributed by atoms with Crippen molar-refractivity contribution in [2.45, 2.75) is 33.7 Å². The zero-order valence-corrected chi connectivity index (χ0v) is 9.63. The van der Waals surface area contributed by atoms with Crippen LogP contribution in [0.25, 0.3) is 0 Å². The zero-order valence-electron chi connectivity index (χ0n) is 9.63. The Morgan fingerprint density at radius 2 is 1.79 bits per heavy atom. The quantitative estimate of drug-likeness (QED) is 0.689. The van der Waals surface area contributed by atoms with E-state index in [0.29, 0.717) is 0 Å². The van der Waals surface area contributed by atoms with Gasteiger partial charge in [0.1, 0.15) is 0 Å². The smallest absolute Gasteiger partial charge is 0.217 e. The van der Waals surface area contributed by atoms with E-state index in [9.17, 15) is 4.79 Å². The maximum atomic E-state index is 10.1. The van der Waals surface area contributed by atoms with Crippen LogP contribution < -0.4 is 5.32 Å². The van der Waals surface area contributed by atoms with Crippen molar-refractivity contribution in [1.29, 1.82) is 0 Å². The molecule has 2 nitrogen and oxygen atoms in total. The number of rotatable bonds is 3. The second kappa shape index (κ2) is 9.78. The molecule has 0 aliphatic heterocycles. The lowest BCUT2D eigenvalue weighted by atomic mass is 10.3. The molecule has 0 aromatic heterocycles. The van der Waals surface area contributed by atoms with E-state index < -0.39 is 0 Å². The number of hydrogen-bond donors (Lipinski definition) is 1. The lowest BCUT2D eigenvalue weighted by Gasteiger charge is -2.02. The molecule has 0 rings (SSSR count). The Labute approximate surface area is 87.4 Å². The normalized spacial score (nSPS) is 9.93. The third-order valence-electron chi connectivity index (χ3n) is 1.19. The van der Waals surface area contributed by atoms with Gasteiger partial charge in [-0.3, -0.25) is 4.79 Å². The van der Waals surface area contributed by atoms with E-state index in [1.54, 1.807) is 12.2 Å². The van der Waals surface area contributed by atoms with Crippen molar-refractivity contribution in [3.8, 4) is 0 Å². The van der Waals surface area contributed by atoms with Crippen molar-refractivity contribution in [3.63, 3.8) is 0 Å². The minimum atomic E-state index is 0.0370. The molecule has 2 heteroatoms. The molecule has 0 atom stereocenters. The molecule has 0 aliphatic carbocycles. The fourth-order valence-electron chi connectivity index (χ4n) is 0.660. The Bertz CT molecular complexity index is 214. The van der Waals surface area contributed by atoms with Gasteiger partial charge in [-0.05, 0) is 20.8 Å². The molecular formula is C12H21NO. The largest absolute Gasteiger partial charge is 0.354 e. The van der Waals surface area contributed by atoms with Crippen LogP contribution in [0.15, 0.2) is 37.0 Å². The van der Waals surface area contributed by atoms with Crippen LogP contribution in [0, 0.1) is 0 Å². The van der Waals surface area contributed by atoms with E-state index in [0.717, 1.165) is 5.57 Å². The van der Waals surface area contributed by atoms with Crippen LogP contribution in [0.3, 0.4) is 0 Å². The highest BCUT2D eigenvalue weighted by Gasteiger charge is 1.90. The van der Waals surface area contributed by atoms with Gasteiger partial charge in [-0.2, -0.15) is 0 Å². The molecular weight excluding hydrogens is 174 g/mol. The summed E-state index contributed by atoms with van der Waals surface area (Å²) < 4.78 is 0. The summed E-state index contributed by atoms with van der Waals surface area (Å²) in [7, 11) is 0. The van der Waals surface area contributed by atoms with Gasteiger partial charge in [-0.25, -0.2) is 0 Å². The molecule has 80 valence electrons. The summed E-state index contributed by atoms with van der Waals surface area (Å²) in [6.07, 6.45) is 5.45. The first kappa shape index (κ1) is 15.2. The Balaban J connectivity index is 0. The van der Waals surface area contributed by atoms with Crippen molar-refractivity contribution in [1.82, 2.24) is 5.32 Å². The maximum Gasteiger partial charge on any atom is 0.217 e. The van der Waals surface area contributed by atoms with Crippen LogP contribution in [0.4, 0.5) is 0 Å². The van der Waals surface area contributed by atoms with Crippen LogP contribution >= 0.6 is 0 Å². The SMILES string of the molecule is C=C/C=C(/C)C=C.CC(=O)NC(C)C. The third-order valence-corrected chi connectivity index (χ3v) is 1.19. The first-order valence-electron chi connectivity index (χ1n) is 4.62. The number of carbonyl (C=O) groups is 1. The Morgan fingerprint density at radius 1 is 1.29 bits per heavy atom. The predicted octanol–water partition coefficient (Wildman–Crippen LogP) is 2.84. The third kappa shape index (κ3) is 17.0. The summed E-state index contributed by atoms with van der Waals surface area (Å²) in [4.78, 5) is 10.1. The van der Waals surface area contributed by atoms with Crippen LogP contribution in [-0.4, -0.2) is 11.9 Å². The second-order valence-electron chi connectivity index (χ2n) is 3.21. The van der Waals surface area contributed by atoms with Gasteiger partial charge in [0.2, 0.25) is 5.91 Å². The van der Waals surface area contributed by atoms with E-state index in [1.807, 2.05) is 26.8 Å². The molecule has 0 unspecified atom stereocenters. The van der Waals surface area contributed by atoms with Crippen molar-refractivity contribution >= 4 is 5.91 Å². The number of hydrogen-bond acceptors (Lipinski definition) is 1. The molecule has 0 aliphatic rings. The van der Waals surface area contributed by atoms with E-state index in [4.69, 9.17) is 0 Å². The number of nitrogens with one attached hydrogen (secondary N) is 1. The monoisotopic (exact) mass is 195 g/mol. The van der Waals surface area contributed by atoms with Crippen LogP contribution in [0.5, 0.6) is 0 Å². The Morgan fingerprint density at radius 3 is 1.86 bits per heavy atom. The Kier molecular flexibility index (Phi) is 10.6. The van der Waals surface area contributed by atoms with Crippen LogP contribution in [0.1, 0.15) is 27.7 Å². The van der Waals surface area contributed by atoms with E-state index >= 15 is 0 Å². The van der Waals surface area contributed by atoms with Crippen LogP contribution in [0.2, 0.25) is 0 Å². The first-order chi connectivity index (χ1) is 6.43. The molecule has 0 heterocycles. The Hall–Kier alpha value is -1.31. The van der Waals surface area contributed by atoms with Gasteiger partial charge in [0.25, 0.3) is 0 Å². The second-order valence-corrected chi connectivity index (χ2v) is 3.21. The first-order valence-corrected chi connectivity index (χ1v) is 4.62. The fourth-order valence-corrected chi connectivity index (χ4v) is 0.660. The lowest BCUT2D eigenvalue weighted by Crippen LogP contribution is -2.27. The molecule has 0 saturated carbocycles. The summed E-state index contributed by atoms with van der Waals surface area (Å²) in [6, 6.07) is 0.275. The highest BCUT2D eigenvalue weighted by atomic mass is 16.1. The van der Waals surface area contributed by atoms with Gasteiger partial charge in [0.15, 0.2) is 0 Å². The molecule has 0 spiro atoms. The molecule has 0 bridgehead atoms. The molecule has 14 heavy (non-hydrogen) atoms. The molecule has 0 saturated heterocycles. The number of amides is 1. The minimum Gasteiger partial charge on any atom is -0.354 e. The van der Waals surface area contributed by atoms with E-state index in [2.05, 4.69) is 18.5 Å². The summed E-state index contributed by atoms with van der Waals surface area (Å²) in [5.41, 5.74) is 1.15. The van der Waals surface area contributed by atoms with Gasteiger partial charge in [0, 0.05) is 13.0 Å². The summed E-state index contributed by atoms with van der Waals surface area (Å²) in [5.74, 6) is 0.0370. The zero-order chi connectivity index (χ0) is 11.6. The maximum absolute atomic E-state index is 10.1. The lowest BCUT2D eigenvalue weighted by molar-refractivity contribution is -0.119. The summed E-state index contributed by atoms with van der Waals surface area (Å²) in [6.45, 7) is 14.4. The summed E-state index contributed by atoms with van der Waals surface area (Å²) >= 11 is 0. The van der Waals surface area contributed by atoms with E-state index in [-0.39, 0.29) is 11.9 Å². The highest BCUT2D eigenvalue weighted by Crippen LogP contribution is 1.90. The topological polar surface area (TPSA) is 29.1 Å². The molecule has 1 amide bonds. The number of allylic oxidation sites excluding steroid dienone is 4. The molecule has 0 fully saturated rings. The molecule has 1 N–H and O–H groups in total. The van der Waals surface area contributed by atoms with Crippen molar-refractivity contribution in [2.24, 2.45) is 0 Å². The summed E-state index contributed by atoms with van der Waals surface area (Å²) in [5, 5.41) is 2.67. The van der Waals surface area contributed by atoms with Crippen molar-refractivity contribution in [3.05, 3.63) is 37.0 Å². The van der Waals surface area contributed by atoms with Crippen LogP contribution in [-0.2, 0) is 4.79 Å². The number of carbonyl (C=O) groups excluding carboxylic acids is 1. The molecule has 0 aromatic rings. The standard InChI is InChI=1S/C7H10.C5H11NO/c1-4-6-7(3)5-2;1-4(2)6-5(3)7/h4-6H,1-2H2,3H3;4H,1-3H3,(H,6,7)/b7-6-;. The van der Waals surface area contributed by atoms with Crippen molar-refractivity contribution < 1.29 is 4.79 Å². The minimum absolute atomic E-state index is 0.0370. The average molecular weight is 195 g/mol. The van der Waals surface area contributed by atoms with Crippen molar-refractivity contribution in [2.75, 3.05) is 0 Å². The molecule has 0 aromatic carbocycles. The van der Waals surface area contributed by atoms with E-state index in [1.165, 1.54) is 6.92 Å². The highest BCUT2D eigenvalue weighted by molar-refractivity contribution is 5.73. The van der Waals surface area contributed by atoms with Gasteiger partial charge in [0.05, 0.1) is 0 Å². The average Bonchev–Trinajstić information content (AvgIpc) is 2.03. The predicted molar refractivity (Wildman–Crippen MR) is 63.1 cm³/mol. The van der Waals surface area contributed by atoms with Gasteiger partial charge >= 0.3 is 0 Å². The molecule has 0 radical (unpaired) electrons. The van der Waals surface area contributed by atoms with Gasteiger partial charge < -0.3 is 5.32 Å². The fraction of sp³-hybridized carbons (Fsp3) is 0.417.